The minimum Gasteiger partial charge on any atom is -0.468 e. The number of methoxy groups -OCH3 is 2. The van der Waals surface area contributed by atoms with Crippen molar-refractivity contribution in [3.63, 3.8) is 0 Å². The molecule has 5 rings (SSSR count). The zero-order chi connectivity index (χ0) is 31.1. The van der Waals surface area contributed by atoms with Crippen LogP contribution in [0.5, 0.6) is 0 Å². The van der Waals surface area contributed by atoms with Crippen LogP contribution >= 0.6 is 0 Å². The minimum atomic E-state index is -4.70. The van der Waals surface area contributed by atoms with E-state index in [4.69, 9.17) is 15.2 Å². The van der Waals surface area contributed by atoms with Gasteiger partial charge in [0.1, 0.15) is 17.6 Å². The highest BCUT2D eigenvalue weighted by molar-refractivity contribution is 6.14. The maximum atomic E-state index is 14.5. The Morgan fingerprint density at radius 1 is 0.907 bits per heavy atom. The van der Waals surface area contributed by atoms with Crippen molar-refractivity contribution in [1.82, 2.24) is 0 Å². The lowest BCUT2D eigenvalue weighted by Gasteiger charge is -2.44. The molecule has 2 N–H and O–H groups in total. The van der Waals surface area contributed by atoms with Gasteiger partial charge in [-0.15, -0.1) is 0 Å². The molecule has 43 heavy (non-hydrogen) atoms. The molecule has 0 unspecified atom stereocenters. The molecule has 3 atom stereocenters. The number of carbonyl (C=O) groups is 3. The SMILES string of the molecule is COC(=O)C1=C(N)N(c2cccc(C(F)(F)F)c2)C2=C(C(=O)[C@H](C(=O)OC)[C@H](c3ccccc3)C2)[C@H]1c1ccc(F)cc1. The third kappa shape index (κ3) is 5.26. The Labute approximate surface area is 244 Å². The van der Waals surface area contributed by atoms with Gasteiger partial charge in [0.05, 0.1) is 31.3 Å². The van der Waals surface area contributed by atoms with Gasteiger partial charge in [-0.1, -0.05) is 48.5 Å². The van der Waals surface area contributed by atoms with Crippen LogP contribution in [0.15, 0.2) is 102 Å². The largest absolute Gasteiger partial charge is 0.468 e. The van der Waals surface area contributed by atoms with E-state index in [0.29, 0.717) is 5.56 Å². The van der Waals surface area contributed by atoms with E-state index in [1.807, 2.05) is 0 Å². The summed E-state index contributed by atoms with van der Waals surface area (Å²) >= 11 is 0. The summed E-state index contributed by atoms with van der Waals surface area (Å²) in [7, 11) is 2.24. The Morgan fingerprint density at radius 3 is 2.19 bits per heavy atom. The van der Waals surface area contributed by atoms with Crippen molar-refractivity contribution in [1.29, 1.82) is 0 Å². The van der Waals surface area contributed by atoms with Gasteiger partial charge in [0.15, 0.2) is 5.78 Å². The van der Waals surface area contributed by atoms with Gasteiger partial charge in [-0.2, -0.15) is 13.2 Å². The van der Waals surface area contributed by atoms with E-state index in [2.05, 4.69) is 0 Å². The number of hydrogen-bond donors (Lipinski definition) is 1. The van der Waals surface area contributed by atoms with E-state index in [-0.39, 0.29) is 40.3 Å². The molecule has 0 amide bonds. The summed E-state index contributed by atoms with van der Waals surface area (Å²) in [6.45, 7) is 0. The summed E-state index contributed by atoms with van der Waals surface area (Å²) in [5, 5.41) is 0. The van der Waals surface area contributed by atoms with Crippen molar-refractivity contribution < 1.29 is 41.4 Å². The summed E-state index contributed by atoms with van der Waals surface area (Å²) in [4.78, 5) is 42.2. The maximum Gasteiger partial charge on any atom is 0.416 e. The average Bonchev–Trinajstić information content (AvgIpc) is 3.00. The highest BCUT2D eigenvalue weighted by Crippen LogP contribution is 2.51. The molecule has 3 aromatic carbocycles. The molecule has 0 saturated heterocycles. The standard InChI is InChI=1S/C32H26F4N2O5/c1-42-30(40)25-22(17-7-4-3-5-8-17)16-23-26(28(25)39)24(18-11-13-20(33)14-12-18)27(31(41)43-2)29(37)38(23)21-10-6-9-19(15-21)32(34,35)36/h3-15,22,24-25H,16,37H2,1-2H3/t22-,24+,25+/m0/s1. The van der Waals surface area contributed by atoms with Gasteiger partial charge < -0.3 is 15.2 Å². The van der Waals surface area contributed by atoms with E-state index < -0.39 is 53.0 Å². The number of anilines is 1. The van der Waals surface area contributed by atoms with E-state index in [1.54, 1.807) is 30.3 Å². The molecule has 0 radical (unpaired) electrons. The van der Waals surface area contributed by atoms with Crippen molar-refractivity contribution in [2.45, 2.75) is 24.4 Å². The fourth-order valence-electron chi connectivity index (χ4n) is 5.85. The first kappa shape index (κ1) is 29.6. The highest BCUT2D eigenvalue weighted by Gasteiger charge is 2.51. The molecule has 11 heteroatoms. The van der Waals surface area contributed by atoms with Crippen molar-refractivity contribution in [3.8, 4) is 0 Å². The first-order valence-electron chi connectivity index (χ1n) is 13.2. The molecule has 0 fully saturated rings. The van der Waals surface area contributed by atoms with Gasteiger partial charge in [-0.25, -0.2) is 9.18 Å². The zero-order valence-electron chi connectivity index (χ0n) is 23.0. The van der Waals surface area contributed by atoms with Crippen LogP contribution in [-0.2, 0) is 30.0 Å². The second kappa shape index (κ2) is 11.4. The fraction of sp³-hybridized carbons (Fsp3) is 0.219. The first-order chi connectivity index (χ1) is 20.5. The Balaban J connectivity index is 1.84. The van der Waals surface area contributed by atoms with Crippen LogP contribution in [0.25, 0.3) is 0 Å². The number of ketones is 1. The summed E-state index contributed by atoms with van der Waals surface area (Å²) < 4.78 is 65.4. The molecular formula is C32H26F4N2O5. The van der Waals surface area contributed by atoms with Gasteiger partial charge in [-0.3, -0.25) is 14.5 Å². The molecule has 222 valence electrons. The van der Waals surface area contributed by atoms with Gasteiger partial charge in [0, 0.05) is 22.9 Å². The van der Waals surface area contributed by atoms with Crippen LogP contribution in [0.2, 0.25) is 0 Å². The van der Waals surface area contributed by atoms with E-state index in [0.717, 1.165) is 38.5 Å². The second-order valence-corrected chi connectivity index (χ2v) is 10.1. The van der Waals surface area contributed by atoms with Crippen molar-refractivity contribution in [2.75, 3.05) is 19.1 Å². The molecule has 0 bridgehead atoms. The van der Waals surface area contributed by atoms with Crippen LogP contribution < -0.4 is 10.6 Å². The summed E-state index contributed by atoms with van der Waals surface area (Å²) in [6.07, 6.45) is -4.73. The van der Waals surface area contributed by atoms with Gasteiger partial charge >= 0.3 is 18.1 Å². The number of benzene rings is 3. The molecule has 7 nitrogen and oxygen atoms in total. The number of esters is 2. The fourth-order valence-corrected chi connectivity index (χ4v) is 5.85. The minimum absolute atomic E-state index is 0.0338. The predicted molar refractivity (Wildman–Crippen MR) is 148 cm³/mol. The molecule has 0 saturated carbocycles. The lowest BCUT2D eigenvalue weighted by atomic mass is 9.67. The zero-order valence-corrected chi connectivity index (χ0v) is 23.0. The molecule has 2 aliphatic rings. The lowest BCUT2D eigenvalue weighted by molar-refractivity contribution is -0.150. The number of hydrogen-bond acceptors (Lipinski definition) is 7. The van der Waals surface area contributed by atoms with Crippen LogP contribution in [-0.4, -0.2) is 31.9 Å². The van der Waals surface area contributed by atoms with Gasteiger partial charge in [0.25, 0.3) is 0 Å². The van der Waals surface area contributed by atoms with Crippen LogP contribution in [0, 0.1) is 11.7 Å². The number of nitrogens with two attached hydrogens (primary N) is 1. The second-order valence-electron chi connectivity index (χ2n) is 10.1. The molecule has 1 heterocycles. The molecule has 0 spiro atoms. The van der Waals surface area contributed by atoms with Crippen LogP contribution in [0.1, 0.15) is 34.9 Å². The third-order valence-electron chi connectivity index (χ3n) is 7.76. The summed E-state index contributed by atoms with van der Waals surface area (Å²) in [5.74, 6) is -6.69. The van der Waals surface area contributed by atoms with E-state index in [1.165, 1.54) is 29.2 Å². The number of carbonyl (C=O) groups excluding carboxylic acids is 3. The molecule has 1 aliphatic carbocycles. The Kier molecular flexibility index (Phi) is 7.83. The number of rotatable bonds is 5. The lowest BCUT2D eigenvalue weighted by Crippen LogP contribution is -2.46. The Bertz CT molecular complexity index is 1650. The summed E-state index contributed by atoms with van der Waals surface area (Å²) in [6, 6.07) is 18.0. The third-order valence-corrected chi connectivity index (χ3v) is 7.76. The van der Waals surface area contributed by atoms with E-state index in [9.17, 15) is 31.9 Å². The summed E-state index contributed by atoms with van der Waals surface area (Å²) in [5.41, 5.74) is 6.37. The van der Waals surface area contributed by atoms with Crippen LogP contribution in [0.3, 0.4) is 0 Å². The first-order valence-corrected chi connectivity index (χ1v) is 13.2. The van der Waals surface area contributed by atoms with Crippen molar-refractivity contribution in [2.24, 2.45) is 11.7 Å². The number of alkyl halides is 3. The molecular weight excluding hydrogens is 568 g/mol. The van der Waals surface area contributed by atoms with E-state index >= 15 is 0 Å². The Hall–Kier alpha value is -4.93. The van der Waals surface area contributed by atoms with Crippen LogP contribution in [0.4, 0.5) is 23.2 Å². The predicted octanol–water partition coefficient (Wildman–Crippen LogP) is 5.59. The monoisotopic (exact) mass is 594 g/mol. The molecule has 3 aromatic rings. The Morgan fingerprint density at radius 2 is 1.58 bits per heavy atom. The normalized spacial score (nSPS) is 20.6. The number of allylic oxidation sites excluding steroid dienone is 2. The van der Waals surface area contributed by atoms with Crippen molar-refractivity contribution >= 4 is 23.4 Å². The average molecular weight is 595 g/mol. The van der Waals surface area contributed by atoms with Gasteiger partial charge in [-0.05, 0) is 47.9 Å². The number of nitrogens with zero attached hydrogens (tertiary/aromatic N) is 1. The maximum absolute atomic E-state index is 14.5. The number of Topliss-reactive ketones (excluding diaryl/α,β-unsaturated/α-hetero) is 1. The highest BCUT2D eigenvalue weighted by atomic mass is 19.4. The quantitative estimate of drug-likeness (QED) is 0.234. The molecule has 0 aromatic heterocycles. The topological polar surface area (TPSA) is 98.9 Å². The smallest absolute Gasteiger partial charge is 0.416 e. The van der Waals surface area contributed by atoms with Crippen molar-refractivity contribution in [3.05, 3.63) is 124 Å². The number of halogens is 4. The number of ether oxygens (including phenoxy) is 2. The van der Waals surface area contributed by atoms with Gasteiger partial charge in [0.2, 0.25) is 0 Å². The molecule has 1 aliphatic heterocycles.